The number of carbonyl (C=O) groups is 1. The molecule has 1 fully saturated rings. The van der Waals surface area contributed by atoms with E-state index in [4.69, 9.17) is 9.63 Å². The van der Waals surface area contributed by atoms with Gasteiger partial charge in [0, 0.05) is 11.6 Å². The lowest BCUT2D eigenvalue weighted by atomic mass is 9.71. The van der Waals surface area contributed by atoms with Crippen molar-refractivity contribution in [2.75, 3.05) is 0 Å². The van der Waals surface area contributed by atoms with Gasteiger partial charge in [0.25, 0.3) is 0 Å². The van der Waals surface area contributed by atoms with Gasteiger partial charge in [-0.25, -0.2) is 4.79 Å². The minimum atomic E-state index is -1.07. The number of benzene rings is 1. The summed E-state index contributed by atoms with van der Waals surface area (Å²) in [5.41, 5.74) is 2.60. The van der Waals surface area contributed by atoms with Gasteiger partial charge in [-0.05, 0) is 48.6 Å². The molecule has 4 nitrogen and oxygen atoms in total. The summed E-state index contributed by atoms with van der Waals surface area (Å²) in [4.78, 5) is 10.9. The number of hydrogen-bond acceptors (Lipinski definition) is 3. The van der Waals surface area contributed by atoms with E-state index in [9.17, 15) is 4.79 Å². The van der Waals surface area contributed by atoms with E-state index < -0.39 is 5.97 Å². The number of carboxylic acids is 1. The summed E-state index contributed by atoms with van der Waals surface area (Å²) >= 11 is 0. The van der Waals surface area contributed by atoms with Crippen molar-refractivity contribution in [3.63, 3.8) is 0 Å². The second-order valence-electron chi connectivity index (χ2n) is 6.95. The van der Waals surface area contributed by atoms with E-state index in [1.54, 1.807) is 0 Å². The van der Waals surface area contributed by atoms with Crippen LogP contribution >= 0.6 is 0 Å². The molecule has 116 valence electrons. The standard InChI is InChI=1S/C18H21NO3/c1-18(2)8-6-12(7-9-18)13-4-3-5-14(10-13)16-11-15(17(20)21)19-22-16/h3-5,10-12H,6-9H2,1-2H3,(H,20,21). The summed E-state index contributed by atoms with van der Waals surface area (Å²) in [6.07, 6.45) is 4.89. The molecule has 0 amide bonds. The molecule has 0 bridgehead atoms. The summed E-state index contributed by atoms with van der Waals surface area (Å²) < 4.78 is 5.16. The second-order valence-corrected chi connectivity index (χ2v) is 6.95. The van der Waals surface area contributed by atoms with Gasteiger partial charge in [-0.3, -0.25) is 0 Å². The molecule has 1 heterocycles. The van der Waals surface area contributed by atoms with Crippen LogP contribution in [0.5, 0.6) is 0 Å². The Labute approximate surface area is 130 Å². The van der Waals surface area contributed by atoms with E-state index in [0.717, 1.165) is 5.56 Å². The third kappa shape index (κ3) is 3.06. The Hall–Kier alpha value is -2.10. The van der Waals surface area contributed by atoms with Crippen LogP contribution in [-0.2, 0) is 0 Å². The van der Waals surface area contributed by atoms with Crippen molar-refractivity contribution in [2.45, 2.75) is 45.4 Å². The molecule has 22 heavy (non-hydrogen) atoms. The van der Waals surface area contributed by atoms with Crippen molar-refractivity contribution in [1.29, 1.82) is 0 Å². The van der Waals surface area contributed by atoms with Gasteiger partial charge in [-0.1, -0.05) is 37.2 Å². The van der Waals surface area contributed by atoms with E-state index in [-0.39, 0.29) is 5.69 Å². The molecular weight excluding hydrogens is 278 g/mol. The van der Waals surface area contributed by atoms with Crippen molar-refractivity contribution in [3.05, 3.63) is 41.6 Å². The Morgan fingerprint density at radius 3 is 2.64 bits per heavy atom. The van der Waals surface area contributed by atoms with Crippen LogP contribution in [0.3, 0.4) is 0 Å². The zero-order valence-electron chi connectivity index (χ0n) is 13.0. The van der Waals surface area contributed by atoms with E-state index in [1.807, 2.05) is 12.1 Å². The normalized spacial score (nSPS) is 18.3. The highest BCUT2D eigenvalue weighted by molar-refractivity contribution is 5.86. The minimum Gasteiger partial charge on any atom is -0.476 e. The van der Waals surface area contributed by atoms with Gasteiger partial charge in [0.15, 0.2) is 11.5 Å². The zero-order chi connectivity index (χ0) is 15.7. The van der Waals surface area contributed by atoms with Crippen molar-refractivity contribution in [3.8, 4) is 11.3 Å². The van der Waals surface area contributed by atoms with Gasteiger partial charge in [-0.15, -0.1) is 0 Å². The number of rotatable bonds is 3. The van der Waals surface area contributed by atoms with Crippen LogP contribution in [0.25, 0.3) is 11.3 Å². The minimum absolute atomic E-state index is 0.0557. The van der Waals surface area contributed by atoms with Gasteiger partial charge >= 0.3 is 5.97 Å². The first kappa shape index (κ1) is 14.8. The van der Waals surface area contributed by atoms with Crippen LogP contribution in [0.4, 0.5) is 0 Å². The highest BCUT2D eigenvalue weighted by Crippen LogP contribution is 2.42. The van der Waals surface area contributed by atoms with Crippen molar-refractivity contribution < 1.29 is 14.4 Å². The smallest absolute Gasteiger partial charge is 0.358 e. The van der Waals surface area contributed by atoms with Crippen LogP contribution in [0.2, 0.25) is 0 Å². The molecule has 1 aromatic heterocycles. The maximum Gasteiger partial charge on any atom is 0.358 e. The Morgan fingerprint density at radius 2 is 2.00 bits per heavy atom. The lowest BCUT2D eigenvalue weighted by Crippen LogP contribution is -2.20. The largest absolute Gasteiger partial charge is 0.476 e. The fourth-order valence-electron chi connectivity index (χ4n) is 3.19. The van der Waals surface area contributed by atoms with Gasteiger partial charge in [0.2, 0.25) is 0 Å². The average Bonchev–Trinajstić information content (AvgIpc) is 2.97. The summed E-state index contributed by atoms with van der Waals surface area (Å²) in [5, 5.41) is 12.5. The van der Waals surface area contributed by atoms with Gasteiger partial charge in [0.05, 0.1) is 0 Å². The third-order valence-electron chi connectivity index (χ3n) is 4.71. The number of hydrogen-bond donors (Lipinski definition) is 1. The topological polar surface area (TPSA) is 63.3 Å². The Bertz CT molecular complexity index is 677. The van der Waals surface area contributed by atoms with Crippen LogP contribution in [0.1, 0.15) is 61.5 Å². The maximum absolute atomic E-state index is 10.9. The Kier molecular flexibility index (Phi) is 3.77. The average molecular weight is 299 g/mol. The number of aromatic nitrogens is 1. The quantitative estimate of drug-likeness (QED) is 0.890. The Morgan fingerprint density at radius 1 is 1.27 bits per heavy atom. The first-order valence-corrected chi connectivity index (χ1v) is 7.75. The molecule has 1 N–H and O–H groups in total. The van der Waals surface area contributed by atoms with E-state index in [2.05, 4.69) is 31.1 Å². The van der Waals surface area contributed by atoms with Crippen LogP contribution in [-0.4, -0.2) is 16.2 Å². The molecule has 1 aliphatic rings. The molecule has 0 radical (unpaired) electrons. The van der Waals surface area contributed by atoms with Crippen LogP contribution < -0.4 is 0 Å². The molecule has 0 unspecified atom stereocenters. The zero-order valence-corrected chi connectivity index (χ0v) is 13.0. The van der Waals surface area contributed by atoms with E-state index in [0.29, 0.717) is 17.1 Å². The number of aromatic carboxylic acids is 1. The lowest BCUT2D eigenvalue weighted by Gasteiger charge is -2.34. The molecular formula is C18H21NO3. The summed E-state index contributed by atoms with van der Waals surface area (Å²) in [7, 11) is 0. The van der Waals surface area contributed by atoms with Crippen molar-refractivity contribution >= 4 is 5.97 Å². The van der Waals surface area contributed by atoms with Gasteiger partial charge in [-0.2, -0.15) is 0 Å². The number of carboxylic acid groups (broad SMARTS) is 1. The van der Waals surface area contributed by atoms with Gasteiger partial charge in [0.1, 0.15) is 0 Å². The first-order valence-electron chi connectivity index (χ1n) is 7.75. The molecule has 1 aliphatic carbocycles. The maximum atomic E-state index is 10.9. The van der Waals surface area contributed by atoms with Crippen molar-refractivity contribution in [2.24, 2.45) is 5.41 Å². The molecule has 0 spiro atoms. The summed E-state index contributed by atoms with van der Waals surface area (Å²) in [6, 6.07) is 9.68. The molecule has 0 saturated heterocycles. The number of nitrogens with zero attached hydrogens (tertiary/aromatic N) is 1. The molecule has 0 aliphatic heterocycles. The first-order chi connectivity index (χ1) is 10.4. The molecule has 3 rings (SSSR count). The van der Waals surface area contributed by atoms with Crippen molar-refractivity contribution in [1.82, 2.24) is 5.16 Å². The van der Waals surface area contributed by atoms with Crippen LogP contribution in [0.15, 0.2) is 34.9 Å². The third-order valence-corrected chi connectivity index (χ3v) is 4.71. The highest BCUT2D eigenvalue weighted by Gasteiger charge is 2.27. The van der Waals surface area contributed by atoms with Gasteiger partial charge < -0.3 is 9.63 Å². The fraction of sp³-hybridized carbons (Fsp3) is 0.444. The fourth-order valence-corrected chi connectivity index (χ4v) is 3.19. The molecule has 1 saturated carbocycles. The predicted molar refractivity (Wildman–Crippen MR) is 83.9 cm³/mol. The Balaban J connectivity index is 1.82. The summed E-state index contributed by atoms with van der Waals surface area (Å²) in [5.74, 6) is 0.0193. The predicted octanol–water partition coefficient (Wildman–Crippen LogP) is 4.72. The molecule has 4 heteroatoms. The lowest BCUT2D eigenvalue weighted by molar-refractivity contribution is 0.0686. The monoisotopic (exact) mass is 299 g/mol. The van der Waals surface area contributed by atoms with Crippen LogP contribution in [0, 0.1) is 5.41 Å². The molecule has 1 aromatic carbocycles. The molecule has 0 atom stereocenters. The highest BCUT2D eigenvalue weighted by atomic mass is 16.5. The molecule has 2 aromatic rings. The summed E-state index contributed by atoms with van der Waals surface area (Å²) in [6.45, 7) is 4.67. The SMILES string of the molecule is CC1(C)CCC(c2cccc(-c3cc(C(=O)O)no3)c2)CC1. The van der Waals surface area contributed by atoms with E-state index >= 15 is 0 Å². The second kappa shape index (κ2) is 5.59. The van der Waals surface area contributed by atoms with E-state index in [1.165, 1.54) is 37.3 Å².